The Kier molecular flexibility index (Phi) is 5.49. The summed E-state index contributed by atoms with van der Waals surface area (Å²) in [5.74, 6) is -1.77. The summed E-state index contributed by atoms with van der Waals surface area (Å²) in [4.78, 5) is 15.4. The van der Waals surface area contributed by atoms with Crippen LogP contribution in [0, 0.1) is 11.6 Å². The lowest BCUT2D eigenvalue weighted by atomic mass is 10.2. The maximum absolute atomic E-state index is 13.5. The molecule has 1 amide bonds. The standard InChI is InChI=1S/C16H20F2N2O2/c1-3-6-19-7-9-20(10-8-19)16(21)12(2)22-15-5-4-13(17)11-14(15)18/h3-5,11-12H,1,6-10H2,2H3/p+1/t12-/m0/s1. The molecule has 1 aromatic rings. The normalized spacial score (nSPS) is 17.1. The monoisotopic (exact) mass is 311 g/mol. The Bertz CT molecular complexity index is 543. The van der Waals surface area contributed by atoms with Crippen molar-refractivity contribution in [3.8, 4) is 5.75 Å². The van der Waals surface area contributed by atoms with E-state index < -0.39 is 17.7 Å². The molecular weight excluding hydrogens is 290 g/mol. The summed E-state index contributed by atoms with van der Waals surface area (Å²) in [6.45, 7) is 9.17. The minimum absolute atomic E-state index is 0.113. The van der Waals surface area contributed by atoms with Crippen molar-refractivity contribution in [3.05, 3.63) is 42.5 Å². The Morgan fingerprint density at radius 1 is 1.45 bits per heavy atom. The number of nitrogens with zero attached hydrogens (tertiary/aromatic N) is 1. The minimum Gasteiger partial charge on any atom is -0.478 e. The van der Waals surface area contributed by atoms with Gasteiger partial charge in [-0.2, -0.15) is 0 Å². The first-order valence-electron chi connectivity index (χ1n) is 7.36. The van der Waals surface area contributed by atoms with Crippen molar-refractivity contribution in [2.24, 2.45) is 0 Å². The number of quaternary nitrogens is 1. The Labute approximate surface area is 129 Å². The van der Waals surface area contributed by atoms with Crippen molar-refractivity contribution in [1.29, 1.82) is 0 Å². The van der Waals surface area contributed by atoms with Gasteiger partial charge in [0.15, 0.2) is 17.7 Å². The molecule has 4 nitrogen and oxygen atoms in total. The second kappa shape index (κ2) is 7.35. The number of rotatable bonds is 5. The molecule has 1 aromatic carbocycles. The fourth-order valence-electron chi connectivity index (χ4n) is 2.52. The summed E-state index contributed by atoms with van der Waals surface area (Å²) < 4.78 is 31.7. The molecule has 0 radical (unpaired) electrons. The van der Waals surface area contributed by atoms with Gasteiger partial charge in [-0.15, -0.1) is 0 Å². The largest absolute Gasteiger partial charge is 0.478 e. The summed E-state index contributed by atoms with van der Waals surface area (Å²) >= 11 is 0. The zero-order valence-corrected chi connectivity index (χ0v) is 12.6. The molecule has 0 bridgehead atoms. The fraction of sp³-hybridized carbons (Fsp3) is 0.438. The summed E-state index contributed by atoms with van der Waals surface area (Å²) in [6, 6.07) is 3.04. The van der Waals surface area contributed by atoms with Crippen LogP contribution in [0.3, 0.4) is 0 Å². The van der Waals surface area contributed by atoms with Crippen LogP contribution in [0.2, 0.25) is 0 Å². The van der Waals surface area contributed by atoms with Crippen molar-refractivity contribution in [1.82, 2.24) is 4.90 Å². The second-order valence-corrected chi connectivity index (χ2v) is 5.40. The SMILES string of the molecule is C=CC[NH+]1CCN(C(=O)[C@H](C)Oc2ccc(F)cc2F)CC1. The maximum atomic E-state index is 13.5. The van der Waals surface area contributed by atoms with Gasteiger partial charge < -0.3 is 14.5 Å². The second-order valence-electron chi connectivity index (χ2n) is 5.40. The van der Waals surface area contributed by atoms with E-state index in [4.69, 9.17) is 4.74 Å². The molecule has 0 saturated carbocycles. The van der Waals surface area contributed by atoms with E-state index in [1.54, 1.807) is 11.8 Å². The quantitative estimate of drug-likeness (QED) is 0.810. The number of piperazine rings is 1. The molecule has 120 valence electrons. The van der Waals surface area contributed by atoms with Crippen LogP contribution in [0.4, 0.5) is 8.78 Å². The van der Waals surface area contributed by atoms with Crippen LogP contribution >= 0.6 is 0 Å². The van der Waals surface area contributed by atoms with E-state index >= 15 is 0 Å². The minimum atomic E-state index is -0.806. The van der Waals surface area contributed by atoms with Gasteiger partial charge in [0, 0.05) is 6.07 Å². The van der Waals surface area contributed by atoms with Crippen LogP contribution in [-0.4, -0.2) is 49.6 Å². The molecule has 1 saturated heterocycles. The van der Waals surface area contributed by atoms with Gasteiger partial charge in [-0.1, -0.05) is 6.58 Å². The molecule has 1 atom stereocenters. The predicted octanol–water partition coefficient (Wildman–Crippen LogP) is 0.645. The highest BCUT2D eigenvalue weighted by molar-refractivity contribution is 5.81. The zero-order chi connectivity index (χ0) is 16.1. The van der Waals surface area contributed by atoms with Gasteiger partial charge in [0.25, 0.3) is 5.91 Å². The highest BCUT2D eigenvalue weighted by Crippen LogP contribution is 2.19. The van der Waals surface area contributed by atoms with Crippen LogP contribution in [-0.2, 0) is 4.79 Å². The number of hydrogen-bond donors (Lipinski definition) is 1. The van der Waals surface area contributed by atoms with Gasteiger partial charge in [0.05, 0.1) is 32.7 Å². The lowest BCUT2D eigenvalue weighted by molar-refractivity contribution is -0.898. The summed E-state index contributed by atoms with van der Waals surface area (Å²) in [5, 5.41) is 0. The van der Waals surface area contributed by atoms with E-state index in [2.05, 4.69) is 6.58 Å². The van der Waals surface area contributed by atoms with E-state index in [0.29, 0.717) is 13.1 Å². The maximum Gasteiger partial charge on any atom is 0.263 e. The first-order valence-corrected chi connectivity index (χ1v) is 7.36. The highest BCUT2D eigenvalue weighted by atomic mass is 19.1. The molecule has 6 heteroatoms. The number of benzene rings is 1. The van der Waals surface area contributed by atoms with Gasteiger partial charge in [-0.25, -0.2) is 8.78 Å². The van der Waals surface area contributed by atoms with Gasteiger partial charge in [0.1, 0.15) is 5.82 Å². The van der Waals surface area contributed by atoms with E-state index in [0.717, 1.165) is 31.8 Å². The van der Waals surface area contributed by atoms with Crippen LogP contribution in [0.1, 0.15) is 6.92 Å². The summed E-state index contributed by atoms with van der Waals surface area (Å²) in [5.41, 5.74) is 0. The van der Waals surface area contributed by atoms with Crippen molar-refractivity contribution in [3.63, 3.8) is 0 Å². The molecule has 2 rings (SSSR count). The average molecular weight is 311 g/mol. The van der Waals surface area contributed by atoms with Gasteiger partial charge >= 0.3 is 0 Å². The number of amides is 1. The first-order chi connectivity index (χ1) is 10.5. The van der Waals surface area contributed by atoms with Crippen LogP contribution in [0.5, 0.6) is 5.75 Å². The van der Waals surface area contributed by atoms with Crippen molar-refractivity contribution in [2.75, 3.05) is 32.7 Å². The number of carbonyl (C=O) groups excluding carboxylic acids is 1. The first kappa shape index (κ1) is 16.4. The van der Waals surface area contributed by atoms with Gasteiger partial charge in [-0.3, -0.25) is 4.79 Å². The fourth-order valence-corrected chi connectivity index (χ4v) is 2.52. The topological polar surface area (TPSA) is 34.0 Å². The Balaban J connectivity index is 1.91. The Morgan fingerprint density at radius 2 is 2.14 bits per heavy atom. The van der Waals surface area contributed by atoms with Crippen LogP contribution in [0.15, 0.2) is 30.9 Å². The number of nitrogens with one attached hydrogen (secondary N) is 1. The third kappa shape index (κ3) is 4.04. The van der Waals surface area contributed by atoms with E-state index in [9.17, 15) is 13.6 Å². The molecule has 0 aromatic heterocycles. The third-order valence-corrected chi connectivity index (χ3v) is 3.76. The van der Waals surface area contributed by atoms with Gasteiger partial charge in [-0.05, 0) is 25.1 Å². The van der Waals surface area contributed by atoms with Gasteiger partial charge in [0.2, 0.25) is 0 Å². The molecule has 1 heterocycles. The molecule has 0 unspecified atom stereocenters. The predicted molar refractivity (Wildman–Crippen MR) is 78.8 cm³/mol. The molecule has 22 heavy (non-hydrogen) atoms. The molecule has 1 aliphatic heterocycles. The van der Waals surface area contributed by atoms with Crippen molar-refractivity contribution >= 4 is 5.91 Å². The third-order valence-electron chi connectivity index (χ3n) is 3.76. The lowest BCUT2D eigenvalue weighted by Gasteiger charge is -2.33. The number of ether oxygens (including phenoxy) is 1. The lowest BCUT2D eigenvalue weighted by Crippen LogP contribution is -3.14. The summed E-state index contributed by atoms with van der Waals surface area (Å²) in [6.07, 6.45) is 1.07. The van der Waals surface area contributed by atoms with Crippen molar-refractivity contribution in [2.45, 2.75) is 13.0 Å². The van der Waals surface area contributed by atoms with E-state index in [-0.39, 0.29) is 11.7 Å². The molecule has 1 aliphatic rings. The molecule has 1 fully saturated rings. The average Bonchev–Trinajstić information content (AvgIpc) is 2.50. The number of halogens is 2. The molecule has 0 spiro atoms. The number of hydrogen-bond acceptors (Lipinski definition) is 2. The number of carbonyl (C=O) groups is 1. The molecular formula is C16H21F2N2O2+. The highest BCUT2D eigenvalue weighted by Gasteiger charge is 2.27. The van der Waals surface area contributed by atoms with E-state index in [1.165, 1.54) is 11.0 Å². The van der Waals surface area contributed by atoms with Crippen LogP contribution < -0.4 is 9.64 Å². The zero-order valence-electron chi connectivity index (χ0n) is 12.6. The van der Waals surface area contributed by atoms with Crippen molar-refractivity contribution < 1.29 is 23.2 Å². The molecule has 0 aliphatic carbocycles. The van der Waals surface area contributed by atoms with E-state index in [1.807, 2.05) is 6.08 Å². The smallest absolute Gasteiger partial charge is 0.263 e. The summed E-state index contributed by atoms with van der Waals surface area (Å²) in [7, 11) is 0. The Hall–Kier alpha value is -1.95. The van der Waals surface area contributed by atoms with Crippen LogP contribution in [0.25, 0.3) is 0 Å². The Morgan fingerprint density at radius 3 is 2.73 bits per heavy atom. The molecule has 1 N–H and O–H groups in total.